The summed E-state index contributed by atoms with van der Waals surface area (Å²) in [6.45, 7) is 4.39. The van der Waals surface area contributed by atoms with Crippen LogP contribution in [0.4, 0.5) is 0 Å². The molecule has 0 saturated carbocycles. The van der Waals surface area contributed by atoms with Gasteiger partial charge in [-0.1, -0.05) is 82.9 Å². The lowest BCUT2D eigenvalue weighted by Crippen LogP contribution is -2.43. The van der Waals surface area contributed by atoms with Crippen molar-refractivity contribution in [1.29, 1.82) is 0 Å². The highest BCUT2D eigenvalue weighted by molar-refractivity contribution is 6.53. The predicted molar refractivity (Wildman–Crippen MR) is 115 cm³/mol. The summed E-state index contributed by atoms with van der Waals surface area (Å²) in [5, 5.41) is 0. The molecule has 2 aromatic carbocycles. The van der Waals surface area contributed by atoms with Gasteiger partial charge in [-0.15, -0.1) is 0 Å². The number of nitrogens with zero attached hydrogens (tertiary/aromatic N) is 1. The number of hydrogen-bond donors (Lipinski definition) is 0. The summed E-state index contributed by atoms with van der Waals surface area (Å²) in [5.41, 5.74) is 5.17. The second-order valence-corrected chi connectivity index (χ2v) is 8.08. The molecule has 1 fully saturated rings. The van der Waals surface area contributed by atoms with Crippen molar-refractivity contribution < 1.29 is 9.59 Å². The minimum atomic E-state index is -1.16. The smallest absolute Gasteiger partial charge is 0.256 e. The van der Waals surface area contributed by atoms with Crippen LogP contribution in [0.5, 0.6) is 0 Å². The summed E-state index contributed by atoms with van der Waals surface area (Å²) >= 11 is 11.6. The van der Waals surface area contributed by atoms with E-state index in [0.717, 1.165) is 22.3 Å². The van der Waals surface area contributed by atoms with E-state index in [4.69, 9.17) is 23.2 Å². The number of likely N-dealkylation sites (tertiary alicyclic amines) is 1. The number of ketones is 1. The molecular weight excluding hydrogens is 393 g/mol. The topological polar surface area (TPSA) is 37.4 Å². The summed E-state index contributed by atoms with van der Waals surface area (Å²) in [7, 11) is 0. The molecule has 1 aliphatic heterocycles. The Morgan fingerprint density at radius 2 is 1.25 bits per heavy atom. The number of halogens is 2. The zero-order valence-electron chi connectivity index (χ0n) is 15.8. The molecule has 0 aromatic heterocycles. The van der Waals surface area contributed by atoms with Gasteiger partial charge in [-0.2, -0.15) is 0 Å². The zero-order valence-corrected chi connectivity index (χ0v) is 17.3. The van der Waals surface area contributed by atoms with E-state index in [1.54, 1.807) is 0 Å². The SMILES string of the molecule is Cc1ccc(/C=C2\CN(C(=O)C(Cl)Cl)C/C(=C\c3ccc(C)cc3)C2=O)cc1. The number of amides is 1. The number of alkyl halides is 2. The number of benzene rings is 2. The van der Waals surface area contributed by atoms with Gasteiger partial charge in [0.15, 0.2) is 10.6 Å². The van der Waals surface area contributed by atoms with Gasteiger partial charge in [0.1, 0.15) is 0 Å². The van der Waals surface area contributed by atoms with Crippen molar-refractivity contribution >= 4 is 47.0 Å². The first kappa shape index (κ1) is 20.4. The highest BCUT2D eigenvalue weighted by atomic mass is 35.5. The first-order chi connectivity index (χ1) is 13.3. The monoisotopic (exact) mass is 413 g/mol. The second-order valence-electron chi connectivity index (χ2n) is 6.98. The van der Waals surface area contributed by atoms with Crippen LogP contribution in [0.2, 0.25) is 0 Å². The Morgan fingerprint density at radius 3 is 1.61 bits per heavy atom. The Labute approximate surface area is 175 Å². The van der Waals surface area contributed by atoms with Crippen LogP contribution in [0.15, 0.2) is 59.7 Å². The molecule has 28 heavy (non-hydrogen) atoms. The fraction of sp³-hybridized carbons (Fsp3) is 0.217. The standard InChI is InChI=1S/C23H21Cl2NO2/c1-15-3-7-17(8-4-15)11-19-13-26(23(28)22(24)25)14-20(21(19)27)12-18-9-5-16(2)6-10-18/h3-12,22H,13-14H2,1-2H3/b19-11+,20-12+. The molecule has 0 radical (unpaired) electrons. The van der Waals surface area contributed by atoms with Crippen LogP contribution in [0, 0.1) is 13.8 Å². The van der Waals surface area contributed by atoms with Crippen LogP contribution in [0.25, 0.3) is 12.2 Å². The third-order valence-electron chi connectivity index (χ3n) is 4.64. The highest BCUT2D eigenvalue weighted by Gasteiger charge is 2.31. The second kappa shape index (κ2) is 8.76. The molecule has 2 aromatic rings. The molecule has 1 amide bonds. The molecule has 0 atom stereocenters. The molecule has 0 bridgehead atoms. The van der Waals surface area contributed by atoms with Crippen molar-refractivity contribution in [3.63, 3.8) is 0 Å². The van der Waals surface area contributed by atoms with Crippen LogP contribution in [-0.4, -0.2) is 34.5 Å². The third-order valence-corrected chi connectivity index (χ3v) is 5.01. The van der Waals surface area contributed by atoms with E-state index >= 15 is 0 Å². The lowest BCUT2D eigenvalue weighted by molar-refractivity contribution is -0.129. The molecule has 0 N–H and O–H groups in total. The quantitative estimate of drug-likeness (QED) is 0.525. The van der Waals surface area contributed by atoms with Gasteiger partial charge in [-0.3, -0.25) is 9.59 Å². The van der Waals surface area contributed by atoms with Gasteiger partial charge in [0.2, 0.25) is 0 Å². The maximum absolute atomic E-state index is 13.1. The van der Waals surface area contributed by atoms with Crippen molar-refractivity contribution in [3.05, 3.63) is 81.9 Å². The minimum absolute atomic E-state index is 0.0640. The van der Waals surface area contributed by atoms with E-state index in [2.05, 4.69) is 0 Å². The van der Waals surface area contributed by atoms with E-state index in [1.807, 2.05) is 74.5 Å². The summed E-state index contributed by atoms with van der Waals surface area (Å²) in [4.78, 5) is 25.8. The van der Waals surface area contributed by atoms with Crippen molar-refractivity contribution in [3.8, 4) is 0 Å². The number of rotatable bonds is 3. The molecule has 1 aliphatic rings. The number of carbonyl (C=O) groups is 2. The molecule has 0 spiro atoms. The molecule has 144 valence electrons. The Bertz CT molecular complexity index is 874. The zero-order chi connectivity index (χ0) is 20.3. The lowest BCUT2D eigenvalue weighted by Gasteiger charge is -2.30. The fourth-order valence-corrected chi connectivity index (χ4v) is 3.34. The van der Waals surface area contributed by atoms with Gasteiger partial charge in [0, 0.05) is 24.2 Å². The van der Waals surface area contributed by atoms with Gasteiger partial charge in [-0.05, 0) is 37.1 Å². The number of aryl methyl sites for hydroxylation is 2. The van der Waals surface area contributed by atoms with Crippen molar-refractivity contribution in [2.24, 2.45) is 0 Å². The van der Waals surface area contributed by atoms with Gasteiger partial charge >= 0.3 is 0 Å². The summed E-state index contributed by atoms with van der Waals surface area (Å²) < 4.78 is 0. The Balaban J connectivity index is 1.99. The maximum atomic E-state index is 13.1. The lowest BCUT2D eigenvalue weighted by atomic mass is 9.94. The van der Waals surface area contributed by atoms with E-state index in [1.165, 1.54) is 4.90 Å². The molecule has 3 rings (SSSR count). The van der Waals surface area contributed by atoms with Gasteiger partial charge in [-0.25, -0.2) is 0 Å². The van der Waals surface area contributed by atoms with Crippen LogP contribution in [0.3, 0.4) is 0 Å². The largest absolute Gasteiger partial charge is 0.331 e. The van der Waals surface area contributed by atoms with E-state index in [0.29, 0.717) is 11.1 Å². The normalized spacial score (nSPS) is 17.6. The van der Waals surface area contributed by atoms with E-state index in [9.17, 15) is 9.59 Å². The first-order valence-electron chi connectivity index (χ1n) is 8.99. The van der Waals surface area contributed by atoms with E-state index < -0.39 is 10.7 Å². The predicted octanol–water partition coefficient (Wildman–Crippen LogP) is 4.99. The number of hydrogen-bond acceptors (Lipinski definition) is 2. The summed E-state index contributed by atoms with van der Waals surface area (Å²) in [6.07, 6.45) is 3.64. The Hall–Kier alpha value is -2.36. The first-order valence-corrected chi connectivity index (χ1v) is 9.87. The summed E-state index contributed by atoms with van der Waals surface area (Å²) in [5.74, 6) is -0.466. The van der Waals surface area contributed by atoms with Crippen molar-refractivity contribution in [1.82, 2.24) is 4.90 Å². The number of carbonyl (C=O) groups excluding carboxylic acids is 2. The molecule has 1 heterocycles. The van der Waals surface area contributed by atoms with Crippen LogP contribution in [-0.2, 0) is 9.59 Å². The molecule has 0 aliphatic carbocycles. The van der Waals surface area contributed by atoms with Crippen molar-refractivity contribution in [2.45, 2.75) is 18.7 Å². The minimum Gasteiger partial charge on any atom is -0.331 e. The van der Waals surface area contributed by atoms with Crippen molar-refractivity contribution in [2.75, 3.05) is 13.1 Å². The Kier molecular flexibility index (Phi) is 6.38. The van der Waals surface area contributed by atoms with Crippen LogP contribution >= 0.6 is 23.2 Å². The van der Waals surface area contributed by atoms with E-state index in [-0.39, 0.29) is 18.9 Å². The number of Topliss-reactive ketones (excluding diaryl/α,β-unsaturated/α-hetero) is 1. The number of piperidine rings is 1. The fourth-order valence-electron chi connectivity index (χ4n) is 3.06. The molecular formula is C23H21Cl2NO2. The molecule has 1 saturated heterocycles. The highest BCUT2D eigenvalue weighted by Crippen LogP contribution is 2.24. The summed E-state index contributed by atoms with van der Waals surface area (Å²) in [6, 6.07) is 15.7. The van der Waals surface area contributed by atoms with Crippen LogP contribution in [0.1, 0.15) is 22.3 Å². The van der Waals surface area contributed by atoms with Crippen LogP contribution < -0.4 is 0 Å². The molecule has 0 unspecified atom stereocenters. The average Bonchev–Trinajstić information content (AvgIpc) is 2.67. The van der Waals surface area contributed by atoms with Gasteiger partial charge < -0.3 is 4.90 Å². The molecule has 3 nitrogen and oxygen atoms in total. The maximum Gasteiger partial charge on any atom is 0.256 e. The van der Waals surface area contributed by atoms with Gasteiger partial charge in [0.05, 0.1) is 0 Å². The Morgan fingerprint density at radius 1 is 0.857 bits per heavy atom. The average molecular weight is 414 g/mol. The third kappa shape index (κ3) is 4.92. The van der Waals surface area contributed by atoms with Gasteiger partial charge in [0.25, 0.3) is 5.91 Å². The molecule has 5 heteroatoms.